The van der Waals surface area contributed by atoms with Crippen molar-refractivity contribution in [3.05, 3.63) is 41.3 Å². The minimum Gasteiger partial charge on any atom is -0.478 e. The number of hydrogen-bond acceptors (Lipinski definition) is 6. The number of carbonyl (C=O) groups is 1. The number of aryl methyl sites for hydroxylation is 1. The molecule has 1 aromatic carbocycles. The highest BCUT2D eigenvalue weighted by atomic mass is 32.2. The first kappa shape index (κ1) is 15.0. The van der Waals surface area contributed by atoms with Gasteiger partial charge in [-0.3, -0.25) is 0 Å². The summed E-state index contributed by atoms with van der Waals surface area (Å²) in [5, 5.41) is 20.7. The molecule has 0 fully saturated rings. The van der Waals surface area contributed by atoms with Crippen LogP contribution in [0.3, 0.4) is 0 Å². The normalized spacial score (nSPS) is 11.3. The number of benzene rings is 1. The average molecular weight is 311 g/mol. The van der Waals surface area contributed by atoms with E-state index in [-0.39, 0.29) is 22.7 Å². The predicted octanol–water partition coefficient (Wildman–Crippen LogP) is 0.941. The highest BCUT2D eigenvalue weighted by Gasteiger charge is 2.16. The zero-order valence-electron chi connectivity index (χ0n) is 11.0. The van der Waals surface area contributed by atoms with Crippen LogP contribution in [0.25, 0.3) is 0 Å². The Labute approximate surface area is 120 Å². The second-order valence-corrected chi connectivity index (χ2v) is 5.91. The summed E-state index contributed by atoms with van der Waals surface area (Å²) in [6.45, 7) is 1.98. The molecule has 2 aromatic rings. The van der Waals surface area contributed by atoms with Gasteiger partial charge in [-0.2, -0.15) is 0 Å². The van der Waals surface area contributed by atoms with Gasteiger partial charge in [0.05, 0.1) is 22.7 Å². The van der Waals surface area contributed by atoms with Crippen molar-refractivity contribution >= 4 is 21.7 Å². The second kappa shape index (κ2) is 5.54. The molecule has 0 saturated carbocycles. The lowest BCUT2D eigenvalue weighted by Crippen LogP contribution is -2.14. The number of sulfonamides is 1. The molecule has 0 bridgehead atoms. The molecule has 0 aliphatic rings. The Morgan fingerprint density at radius 3 is 2.67 bits per heavy atom. The van der Waals surface area contributed by atoms with E-state index in [1.807, 2.05) is 0 Å². The molecule has 0 amide bonds. The number of nitrogens with zero attached hydrogens (tertiary/aromatic N) is 1. The number of anilines is 1. The first-order valence-electron chi connectivity index (χ1n) is 5.83. The second-order valence-electron chi connectivity index (χ2n) is 4.35. The molecule has 0 spiro atoms. The number of hydrogen-bond donors (Lipinski definition) is 3. The fraction of sp³-hybridized carbons (Fsp3) is 0.167. The van der Waals surface area contributed by atoms with E-state index in [0.717, 1.165) is 6.07 Å². The molecule has 0 saturated heterocycles. The van der Waals surface area contributed by atoms with Gasteiger partial charge in [-0.1, -0.05) is 5.16 Å². The van der Waals surface area contributed by atoms with Crippen molar-refractivity contribution in [2.75, 3.05) is 5.32 Å². The molecule has 0 unspecified atom stereocenters. The summed E-state index contributed by atoms with van der Waals surface area (Å²) in [7, 11) is -3.96. The molecule has 0 aliphatic heterocycles. The molecule has 4 N–H and O–H groups in total. The van der Waals surface area contributed by atoms with E-state index < -0.39 is 16.0 Å². The number of carboxylic acids is 1. The number of aromatic carboxylic acids is 1. The van der Waals surface area contributed by atoms with Gasteiger partial charge in [0, 0.05) is 11.8 Å². The Kier molecular flexibility index (Phi) is 3.96. The number of nitrogens with two attached hydrogens (primary N) is 1. The fourth-order valence-corrected chi connectivity index (χ4v) is 2.25. The maximum Gasteiger partial charge on any atom is 0.337 e. The number of carboxylic acid groups (broad SMARTS) is 1. The van der Waals surface area contributed by atoms with Crippen LogP contribution in [0.4, 0.5) is 5.69 Å². The zero-order chi connectivity index (χ0) is 15.6. The standard InChI is InChI=1S/C12H13N3O5S/c1-7-4-8(20-15-7)6-14-11-3-2-9(21(13,18)19)5-10(11)12(16)17/h2-5,14H,6H2,1H3,(H,16,17)(H2,13,18,19). The zero-order valence-corrected chi connectivity index (χ0v) is 11.8. The number of aromatic nitrogens is 1. The fourth-order valence-electron chi connectivity index (χ4n) is 1.71. The monoisotopic (exact) mass is 311 g/mol. The Balaban J connectivity index is 2.28. The van der Waals surface area contributed by atoms with Gasteiger partial charge in [-0.05, 0) is 25.1 Å². The van der Waals surface area contributed by atoms with E-state index in [4.69, 9.17) is 14.8 Å². The summed E-state index contributed by atoms with van der Waals surface area (Å²) in [5.41, 5.74) is 0.761. The van der Waals surface area contributed by atoms with E-state index in [1.54, 1.807) is 13.0 Å². The van der Waals surface area contributed by atoms with Crippen LogP contribution in [-0.4, -0.2) is 24.7 Å². The Morgan fingerprint density at radius 2 is 2.14 bits per heavy atom. The Morgan fingerprint density at radius 1 is 1.43 bits per heavy atom. The molecular formula is C12H13N3O5S. The van der Waals surface area contributed by atoms with E-state index in [9.17, 15) is 13.2 Å². The predicted molar refractivity (Wildman–Crippen MR) is 73.3 cm³/mol. The SMILES string of the molecule is Cc1cc(CNc2ccc(S(N)(=O)=O)cc2C(=O)O)on1. The van der Waals surface area contributed by atoms with Crippen LogP contribution in [0.2, 0.25) is 0 Å². The van der Waals surface area contributed by atoms with Crippen molar-refractivity contribution in [2.45, 2.75) is 18.4 Å². The Bertz CT molecular complexity index is 782. The van der Waals surface area contributed by atoms with Crippen LogP contribution in [0.5, 0.6) is 0 Å². The Hall–Kier alpha value is -2.39. The summed E-state index contributed by atoms with van der Waals surface area (Å²) in [5.74, 6) is -0.740. The van der Waals surface area contributed by atoms with Crippen molar-refractivity contribution < 1.29 is 22.8 Å². The van der Waals surface area contributed by atoms with Gasteiger partial charge in [-0.15, -0.1) is 0 Å². The number of rotatable bonds is 5. The maximum atomic E-state index is 11.2. The summed E-state index contributed by atoms with van der Waals surface area (Å²) >= 11 is 0. The van der Waals surface area contributed by atoms with Crippen molar-refractivity contribution in [2.24, 2.45) is 5.14 Å². The van der Waals surface area contributed by atoms with Crippen molar-refractivity contribution in [1.29, 1.82) is 0 Å². The van der Waals surface area contributed by atoms with E-state index in [1.165, 1.54) is 12.1 Å². The van der Waals surface area contributed by atoms with Crippen molar-refractivity contribution in [3.8, 4) is 0 Å². The van der Waals surface area contributed by atoms with Crippen LogP contribution in [-0.2, 0) is 16.6 Å². The smallest absolute Gasteiger partial charge is 0.337 e. The first-order valence-corrected chi connectivity index (χ1v) is 7.38. The molecule has 1 aromatic heterocycles. The third-order valence-electron chi connectivity index (χ3n) is 2.68. The first-order chi connectivity index (χ1) is 9.77. The summed E-state index contributed by atoms with van der Waals surface area (Å²) in [6, 6.07) is 5.28. The summed E-state index contributed by atoms with van der Waals surface area (Å²) < 4.78 is 27.5. The average Bonchev–Trinajstić information content (AvgIpc) is 2.80. The molecule has 112 valence electrons. The molecule has 2 rings (SSSR count). The quantitative estimate of drug-likeness (QED) is 0.747. The van der Waals surface area contributed by atoms with Gasteiger partial charge in [0.2, 0.25) is 10.0 Å². The maximum absolute atomic E-state index is 11.2. The third kappa shape index (κ3) is 3.58. The van der Waals surface area contributed by atoms with Gasteiger partial charge in [0.25, 0.3) is 0 Å². The van der Waals surface area contributed by atoms with Gasteiger partial charge >= 0.3 is 5.97 Å². The van der Waals surface area contributed by atoms with Crippen LogP contribution in [0, 0.1) is 6.92 Å². The lowest BCUT2D eigenvalue weighted by molar-refractivity contribution is 0.0697. The molecule has 8 nitrogen and oxygen atoms in total. The van der Waals surface area contributed by atoms with Crippen molar-refractivity contribution in [3.63, 3.8) is 0 Å². The third-order valence-corrected chi connectivity index (χ3v) is 3.59. The molecule has 9 heteroatoms. The van der Waals surface area contributed by atoms with Crippen LogP contribution in [0.15, 0.2) is 33.7 Å². The molecular weight excluding hydrogens is 298 g/mol. The summed E-state index contributed by atoms with van der Waals surface area (Å²) in [6.07, 6.45) is 0. The highest BCUT2D eigenvalue weighted by Crippen LogP contribution is 2.21. The molecule has 1 heterocycles. The van der Waals surface area contributed by atoms with Crippen LogP contribution < -0.4 is 10.5 Å². The molecule has 0 radical (unpaired) electrons. The molecule has 21 heavy (non-hydrogen) atoms. The lowest BCUT2D eigenvalue weighted by Gasteiger charge is -2.09. The largest absolute Gasteiger partial charge is 0.478 e. The highest BCUT2D eigenvalue weighted by molar-refractivity contribution is 7.89. The minimum atomic E-state index is -3.96. The number of nitrogens with one attached hydrogen (secondary N) is 1. The minimum absolute atomic E-state index is 0.197. The topological polar surface area (TPSA) is 136 Å². The van der Waals surface area contributed by atoms with Crippen molar-refractivity contribution in [1.82, 2.24) is 5.16 Å². The molecule has 0 aliphatic carbocycles. The molecule has 0 atom stereocenters. The summed E-state index contributed by atoms with van der Waals surface area (Å²) in [4.78, 5) is 10.9. The van der Waals surface area contributed by atoms with E-state index >= 15 is 0 Å². The van der Waals surface area contributed by atoms with Crippen LogP contribution in [0.1, 0.15) is 21.8 Å². The van der Waals surface area contributed by atoms with Gasteiger partial charge < -0.3 is 14.9 Å². The van der Waals surface area contributed by atoms with E-state index in [2.05, 4.69) is 10.5 Å². The van der Waals surface area contributed by atoms with Crippen LogP contribution >= 0.6 is 0 Å². The van der Waals surface area contributed by atoms with Gasteiger partial charge in [0.1, 0.15) is 0 Å². The lowest BCUT2D eigenvalue weighted by atomic mass is 10.2. The van der Waals surface area contributed by atoms with Gasteiger partial charge in [-0.25, -0.2) is 18.4 Å². The number of primary sulfonamides is 1. The van der Waals surface area contributed by atoms with Gasteiger partial charge in [0.15, 0.2) is 5.76 Å². The van der Waals surface area contributed by atoms with E-state index in [0.29, 0.717) is 11.5 Å².